The number of nitro groups is 1. The Balaban J connectivity index is 2.28. The standard InChI is InChI=1S/C14H15ClN4O4/c1-7-13(19(22)23)8(2)18(17-7)9(3)14(21)16-11-6-10(15)4-5-12(11)20/h4-6,9,20H,1-3H3,(H,16,21). The molecule has 0 spiro atoms. The van der Waals surface area contributed by atoms with E-state index in [9.17, 15) is 20.0 Å². The number of carbonyl (C=O) groups is 1. The van der Waals surface area contributed by atoms with Crippen molar-refractivity contribution in [2.75, 3.05) is 5.32 Å². The molecule has 1 aromatic carbocycles. The first kappa shape index (κ1) is 16.8. The summed E-state index contributed by atoms with van der Waals surface area (Å²) in [5.41, 5.74) is 0.559. The van der Waals surface area contributed by atoms with Crippen LogP contribution in [0.15, 0.2) is 18.2 Å². The van der Waals surface area contributed by atoms with Crippen molar-refractivity contribution < 1.29 is 14.8 Å². The number of phenols is 1. The lowest BCUT2D eigenvalue weighted by Gasteiger charge is -2.14. The topological polar surface area (TPSA) is 110 Å². The van der Waals surface area contributed by atoms with Gasteiger partial charge in [-0.3, -0.25) is 19.6 Å². The molecule has 2 rings (SSSR count). The fourth-order valence-electron chi connectivity index (χ4n) is 2.25. The molecule has 1 heterocycles. The van der Waals surface area contributed by atoms with Crippen LogP contribution in [0.4, 0.5) is 11.4 Å². The molecule has 1 aromatic heterocycles. The average molecular weight is 339 g/mol. The van der Waals surface area contributed by atoms with Crippen LogP contribution in [0.25, 0.3) is 0 Å². The summed E-state index contributed by atoms with van der Waals surface area (Å²) in [6, 6.07) is 3.45. The number of halogens is 1. The number of amides is 1. The molecule has 0 fully saturated rings. The maximum atomic E-state index is 12.3. The van der Waals surface area contributed by atoms with E-state index < -0.39 is 16.9 Å². The van der Waals surface area contributed by atoms with E-state index in [2.05, 4.69) is 10.4 Å². The van der Waals surface area contributed by atoms with Gasteiger partial charge in [-0.15, -0.1) is 0 Å². The van der Waals surface area contributed by atoms with Gasteiger partial charge in [-0.1, -0.05) is 11.6 Å². The zero-order valence-corrected chi connectivity index (χ0v) is 13.5. The highest BCUT2D eigenvalue weighted by atomic mass is 35.5. The molecule has 0 bridgehead atoms. The summed E-state index contributed by atoms with van der Waals surface area (Å²) in [6.07, 6.45) is 0. The number of aromatic hydroxyl groups is 1. The van der Waals surface area contributed by atoms with Crippen LogP contribution < -0.4 is 5.32 Å². The lowest BCUT2D eigenvalue weighted by atomic mass is 10.2. The van der Waals surface area contributed by atoms with Crippen molar-refractivity contribution >= 4 is 28.9 Å². The van der Waals surface area contributed by atoms with Gasteiger partial charge in [0.05, 0.1) is 10.6 Å². The smallest absolute Gasteiger partial charge is 0.312 e. The van der Waals surface area contributed by atoms with Gasteiger partial charge in [-0.2, -0.15) is 5.10 Å². The number of hydrogen-bond acceptors (Lipinski definition) is 5. The molecule has 1 unspecified atom stereocenters. The highest BCUT2D eigenvalue weighted by molar-refractivity contribution is 6.31. The molecule has 1 atom stereocenters. The second-order valence-corrected chi connectivity index (χ2v) is 5.48. The van der Waals surface area contributed by atoms with E-state index in [0.29, 0.717) is 5.02 Å². The van der Waals surface area contributed by atoms with Crippen molar-refractivity contribution in [1.29, 1.82) is 0 Å². The van der Waals surface area contributed by atoms with Gasteiger partial charge in [0, 0.05) is 5.02 Å². The van der Waals surface area contributed by atoms with E-state index in [0.717, 1.165) is 0 Å². The molecule has 2 aromatic rings. The quantitative estimate of drug-likeness (QED) is 0.506. The van der Waals surface area contributed by atoms with Crippen LogP contribution in [0.3, 0.4) is 0 Å². The Morgan fingerprint density at radius 1 is 1.48 bits per heavy atom. The third-order valence-corrected chi connectivity index (χ3v) is 3.67. The number of phenolic OH excluding ortho intramolecular Hbond substituents is 1. The Bertz CT molecular complexity index is 787. The second-order valence-electron chi connectivity index (χ2n) is 5.05. The van der Waals surface area contributed by atoms with Gasteiger partial charge < -0.3 is 10.4 Å². The monoisotopic (exact) mass is 338 g/mol. The molecule has 1 amide bonds. The Hall–Kier alpha value is -2.61. The zero-order valence-electron chi connectivity index (χ0n) is 12.7. The molecule has 2 N–H and O–H groups in total. The van der Waals surface area contributed by atoms with Crippen molar-refractivity contribution in [2.24, 2.45) is 0 Å². The molecule has 0 saturated heterocycles. The van der Waals surface area contributed by atoms with Gasteiger partial charge in [-0.05, 0) is 39.0 Å². The van der Waals surface area contributed by atoms with E-state index in [4.69, 9.17) is 11.6 Å². The van der Waals surface area contributed by atoms with Gasteiger partial charge >= 0.3 is 5.69 Å². The van der Waals surface area contributed by atoms with Crippen LogP contribution in [0.2, 0.25) is 5.02 Å². The van der Waals surface area contributed by atoms with Crippen LogP contribution >= 0.6 is 11.6 Å². The van der Waals surface area contributed by atoms with Crippen molar-refractivity contribution in [3.8, 4) is 5.75 Å². The minimum absolute atomic E-state index is 0.116. The first-order chi connectivity index (χ1) is 10.7. The largest absolute Gasteiger partial charge is 0.506 e. The van der Waals surface area contributed by atoms with Crippen molar-refractivity contribution in [3.63, 3.8) is 0 Å². The summed E-state index contributed by atoms with van der Waals surface area (Å²) in [5.74, 6) is -0.614. The molecule has 0 saturated carbocycles. The number of nitrogens with one attached hydrogen (secondary N) is 1. The highest BCUT2D eigenvalue weighted by Crippen LogP contribution is 2.28. The Morgan fingerprint density at radius 2 is 2.13 bits per heavy atom. The van der Waals surface area contributed by atoms with Gasteiger partial charge in [0.25, 0.3) is 0 Å². The van der Waals surface area contributed by atoms with Gasteiger partial charge in [0.2, 0.25) is 5.91 Å². The summed E-state index contributed by atoms with van der Waals surface area (Å²) in [6.45, 7) is 4.59. The molecule has 9 heteroatoms. The number of anilines is 1. The molecule has 0 radical (unpaired) electrons. The fraction of sp³-hybridized carbons (Fsp3) is 0.286. The van der Waals surface area contributed by atoms with E-state index in [1.165, 1.54) is 36.7 Å². The zero-order chi connectivity index (χ0) is 17.3. The van der Waals surface area contributed by atoms with Crippen molar-refractivity contribution in [2.45, 2.75) is 26.8 Å². The molecule has 23 heavy (non-hydrogen) atoms. The molecule has 8 nitrogen and oxygen atoms in total. The fourth-order valence-corrected chi connectivity index (χ4v) is 2.42. The third-order valence-electron chi connectivity index (χ3n) is 3.43. The number of carbonyl (C=O) groups excluding carboxylic acids is 1. The van der Waals surface area contributed by atoms with E-state index in [1.807, 2.05) is 0 Å². The van der Waals surface area contributed by atoms with Crippen molar-refractivity contribution in [3.05, 3.63) is 44.7 Å². The Labute approximate surface area is 136 Å². The molecule has 0 aliphatic rings. The first-order valence-electron chi connectivity index (χ1n) is 6.71. The van der Waals surface area contributed by atoms with Crippen LogP contribution in [0.5, 0.6) is 5.75 Å². The third kappa shape index (κ3) is 3.26. The summed E-state index contributed by atoms with van der Waals surface area (Å²) >= 11 is 5.83. The van der Waals surface area contributed by atoms with Crippen LogP contribution in [-0.2, 0) is 4.79 Å². The maximum Gasteiger partial charge on any atom is 0.312 e. The number of rotatable bonds is 4. The maximum absolute atomic E-state index is 12.3. The number of benzene rings is 1. The van der Waals surface area contributed by atoms with Gasteiger partial charge in [0.1, 0.15) is 23.2 Å². The molecule has 122 valence electrons. The number of aromatic nitrogens is 2. The number of hydrogen-bond donors (Lipinski definition) is 2. The lowest BCUT2D eigenvalue weighted by Crippen LogP contribution is -2.25. The summed E-state index contributed by atoms with van der Waals surface area (Å²) in [5, 5.41) is 27.7. The highest BCUT2D eigenvalue weighted by Gasteiger charge is 2.27. The minimum Gasteiger partial charge on any atom is -0.506 e. The Morgan fingerprint density at radius 3 is 2.70 bits per heavy atom. The predicted octanol–water partition coefficient (Wildman–Crippen LogP) is 2.97. The van der Waals surface area contributed by atoms with Crippen LogP contribution in [-0.4, -0.2) is 25.7 Å². The van der Waals surface area contributed by atoms with Crippen LogP contribution in [0, 0.1) is 24.0 Å². The van der Waals surface area contributed by atoms with Crippen molar-refractivity contribution in [1.82, 2.24) is 9.78 Å². The van der Waals surface area contributed by atoms with Crippen LogP contribution in [0.1, 0.15) is 24.4 Å². The SMILES string of the molecule is Cc1nn(C(C)C(=O)Nc2cc(Cl)ccc2O)c(C)c1[N+](=O)[O-]. The molecular formula is C14H15ClN4O4. The summed E-state index contributed by atoms with van der Waals surface area (Å²) in [4.78, 5) is 22.8. The predicted molar refractivity (Wildman–Crippen MR) is 84.8 cm³/mol. The van der Waals surface area contributed by atoms with E-state index in [-0.39, 0.29) is 28.5 Å². The number of nitrogens with zero attached hydrogens (tertiary/aromatic N) is 3. The van der Waals surface area contributed by atoms with Gasteiger partial charge in [0.15, 0.2) is 0 Å². The minimum atomic E-state index is -0.805. The lowest BCUT2D eigenvalue weighted by molar-refractivity contribution is -0.386. The Kier molecular flexibility index (Phi) is 4.55. The molecular weight excluding hydrogens is 324 g/mol. The molecule has 0 aliphatic carbocycles. The van der Waals surface area contributed by atoms with E-state index in [1.54, 1.807) is 6.92 Å². The second kappa shape index (κ2) is 6.25. The average Bonchev–Trinajstić information content (AvgIpc) is 2.77. The summed E-state index contributed by atoms with van der Waals surface area (Å²) in [7, 11) is 0. The van der Waals surface area contributed by atoms with E-state index >= 15 is 0 Å². The van der Waals surface area contributed by atoms with Gasteiger partial charge in [-0.25, -0.2) is 0 Å². The normalized spacial score (nSPS) is 12.0. The first-order valence-corrected chi connectivity index (χ1v) is 7.09. The summed E-state index contributed by atoms with van der Waals surface area (Å²) < 4.78 is 1.28. The molecule has 0 aliphatic heterocycles. The number of aryl methyl sites for hydroxylation is 1.